The lowest BCUT2D eigenvalue weighted by Gasteiger charge is -2.15. The summed E-state index contributed by atoms with van der Waals surface area (Å²) in [5, 5.41) is 6.41. The Morgan fingerprint density at radius 1 is 1.03 bits per heavy atom. The van der Waals surface area contributed by atoms with Crippen LogP contribution < -0.4 is 5.32 Å². The lowest BCUT2D eigenvalue weighted by atomic mass is 10.1. The van der Waals surface area contributed by atoms with E-state index in [2.05, 4.69) is 27.8 Å². The number of sulfone groups is 1. The fourth-order valence-electron chi connectivity index (χ4n) is 3.60. The van der Waals surface area contributed by atoms with Crippen molar-refractivity contribution >= 4 is 37.2 Å². The highest BCUT2D eigenvalue weighted by atomic mass is 32.2. The normalized spacial score (nSPS) is 18.1. The molecule has 0 bridgehead atoms. The minimum atomic E-state index is -2.99. The second kappa shape index (κ2) is 7.20. The van der Waals surface area contributed by atoms with Crippen molar-refractivity contribution < 1.29 is 8.42 Å². The molecule has 1 aromatic carbocycles. The van der Waals surface area contributed by atoms with Crippen LogP contribution in [0.5, 0.6) is 0 Å². The molecule has 4 heterocycles. The van der Waals surface area contributed by atoms with E-state index in [9.17, 15) is 8.42 Å². The largest absolute Gasteiger partial charge is 0.366 e. The Kier molecular flexibility index (Phi) is 4.52. The van der Waals surface area contributed by atoms with Gasteiger partial charge in [0.25, 0.3) is 0 Å². The second-order valence-corrected chi connectivity index (χ2v) is 10.2. The molecule has 29 heavy (non-hydrogen) atoms. The van der Waals surface area contributed by atoms with Gasteiger partial charge in [0.1, 0.15) is 10.6 Å². The molecule has 0 saturated carbocycles. The van der Waals surface area contributed by atoms with Crippen LogP contribution in [0.4, 0.5) is 5.82 Å². The number of nitrogens with zero attached hydrogens (tertiary/aromatic N) is 3. The first kappa shape index (κ1) is 18.2. The molecule has 6 nitrogen and oxygen atoms in total. The summed E-state index contributed by atoms with van der Waals surface area (Å²) >= 11 is 1.56. The van der Waals surface area contributed by atoms with Gasteiger partial charge in [-0.3, -0.25) is 4.98 Å². The summed E-state index contributed by atoms with van der Waals surface area (Å²) in [6.45, 7) is 0. The number of fused-ring (bicyclic) bond motifs is 1. The predicted octanol–water partition coefficient (Wildman–Crippen LogP) is 4.02. The lowest BCUT2D eigenvalue weighted by molar-refractivity contribution is 0.602. The first-order valence-electron chi connectivity index (χ1n) is 9.31. The van der Waals surface area contributed by atoms with Gasteiger partial charge in [-0.2, -0.15) is 0 Å². The van der Waals surface area contributed by atoms with Crippen molar-refractivity contribution in [2.45, 2.75) is 12.5 Å². The quantitative estimate of drug-likeness (QED) is 0.535. The molecule has 1 saturated heterocycles. The smallest absolute Gasteiger partial charge is 0.164 e. The fraction of sp³-hybridized carbons (Fsp3) is 0.190. The molecule has 1 atom stereocenters. The van der Waals surface area contributed by atoms with Crippen LogP contribution in [-0.4, -0.2) is 40.9 Å². The number of hydrogen-bond acceptors (Lipinski definition) is 7. The summed E-state index contributed by atoms with van der Waals surface area (Å²) in [6, 6.07) is 13.7. The molecule has 5 rings (SSSR count). The standard InChI is InChI=1S/C21H18N4O2S2/c26-29(27)10-8-16(13-29)23-20-18-17(14-5-2-1-3-6-14)12-28-21(18)25-19(24-20)15-7-4-9-22-11-15/h1-7,9,11-12,16H,8,10,13H2,(H,23,24,25)/t16-/m0/s1. The van der Waals surface area contributed by atoms with Gasteiger partial charge < -0.3 is 5.32 Å². The van der Waals surface area contributed by atoms with Crippen molar-refractivity contribution in [3.8, 4) is 22.5 Å². The molecule has 1 aliphatic rings. The van der Waals surface area contributed by atoms with Crippen LogP contribution in [0.2, 0.25) is 0 Å². The summed E-state index contributed by atoms with van der Waals surface area (Å²) in [4.78, 5) is 14.6. The Morgan fingerprint density at radius 3 is 2.59 bits per heavy atom. The van der Waals surface area contributed by atoms with E-state index in [0.717, 1.165) is 26.9 Å². The van der Waals surface area contributed by atoms with Crippen molar-refractivity contribution in [2.24, 2.45) is 0 Å². The number of thiophene rings is 1. The van der Waals surface area contributed by atoms with Gasteiger partial charge in [0.2, 0.25) is 0 Å². The highest BCUT2D eigenvalue weighted by Gasteiger charge is 2.29. The zero-order valence-electron chi connectivity index (χ0n) is 15.4. The zero-order valence-corrected chi connectivity index (χ0v) is 17.1. The molecule has 3 aromatic heterocycles. The van der Waals surface area contributed by atoms with Gasteiger partial charge in [0, 0.05) is 34.9 Å². The minimum absolute atomic E-state index is 0.130. The van der Waals surface area contributed by atoms with Crippen LogP contribution in [0, 0.1) is 0 Å². The maximum atomic E-state index is 11.9. The number of nitrogens with one attached hydrogen (secondary N) is 1. The highest BCUT2D eigenvalue weighted by molar-refractivity contribution is 7.91. The van der Waals surface area contributed by atoms with Crippen LogP contribution in [0.1, 0.15) is 6.42 Å². The van der Waals surface area contributed by atoms with Crippen LogP contribution in [0.3, 0.4) is 0 Å². The Labute approximate surface area is 172 Å². The van der Waals surface area contributed by atoms with Crippen molar-refractivity contribution in [3.63, 3.8) is 0 Å². The summed E-state index contributed by atoms with van der Waals surface area (Å²) < 4.78 is 23.9. The van der Waals surface area contributed by atoms with E-state index in [1.54, 1.807) is 23.7 Å². The van der Waals surface area contributed by atoms with Crippen LogP contribution in [-0.2, 0) is 9.84 Å². The van der Waals surface area contributed by atoms with Gasteiger partial charge >= 0.3 is 0 Å². The molecule has 0 unspecified atom stereocenters. The second-order valence-electron chi connectivity index (χ2n) is 7.08. The van der Waals surface area contributed by atoms with Gasteiger partial charge in [0.05, 0.1) is 16.9 Å². The van der Waals surface area contributed by atoms with Crippen LogP contribution >= 0.6 is 11.3 Å². The van der Waals surface area contributed by atoms with Gasteiger partial charge in [-0.1, -0.05) is 30.3 Å². The van der Waals surface area contributed by atoms with Gasteiger partial charge in [-0.15, -0.1) is 11.3 Å². The fourth-order valence-corrected chi connectivity index (χ4v) is 6.22. The third-order valence-corrected chi connectivity index (χ3v) is 7.65. The summed E-state index contributed by atoms with van der Waals surface area (Å²) in [5.74, 6) is 1.60. The zero-order chi connectivity index (χ0) is 19.8. The van der Waals surface area contributed by atoms with Crippen molar-refractivity contribution in [3.05, 3.63) is 60.2 Å². The number of aromatic nitrogens is 3. The van der Waals surface area contributed by atoms with E-state index in [-0.39, 0.29) is 17.5 Å². The van der Waals surface area contributed by atoms with Gasteiger partial charge in [-0.05, 0) is 24.1 Å². The van der Waals surface area contributed by atoms with E-state index < -0.39 is 9.84 Å². The lowest BCUT2D eigenvalue weighted by Crippen LogP contribution is -2.21. The SMILES string of the molecule is O=S1(=O)CC[C@H](Nc2nc(-c3cccnc3)nc3scc(-c4ccccc4)c23)C1. The van der Waals surface area contributed by atoms with Crippen LogP contribution in [0.25, 0.3) is 32.7 Å². The van der Waals surface area contributed by atoms with E-state index in [1.807, 2.05) is 30.3 Å². The maximum Gasteiger partial charge on any atom is 0.164 e. The molecular formula is C21H18N4O2S2. The topological polar surface area (TPSA) is 84.8 Å². The predicted molar refractivity (Wildman–Crippen MR) is 117 cm³/mol. The number of pyridine rings is 1. The molecule has 4 aromatic rings. The monoisotopic (exact) mass is 422 g/mol. The minimum Gasteiger partial charge on any atom is -0.366 e. The molecule has 0 aliphatic carbocycles. The number of hydrogen-bond donors (Lipinski definition) is 1. The number of benzene rings is 1. The Hall–Kier alpha value is -2.84. The average Bonchev–Trinajstić information content (AvgIpc) is 3.32. The van der Waals surface area contributed by atoms with Crippen molar-refractivity contribution in [1.82, 2.24) is 15.0 Å². The number of anilines is 1. The third-order valence-electron chi connectivity index (χ3n) is 5.01. The van der Waals surface area contributed by atoms with E-state index in [0.29, 0.717) is 18.1 Å². The third kappa shape index (κ3) is 3.61. The molecule has 0 spiro atoms. The van der Waals surface area contributed by atoms with Crippen molar-refractivity contribution in [1.29, 1.82) is 0 Å². The molecule has 146 valence electrons. The summed E-state index contributed by atoms with van der Waals surface area (Å²) in [7, 11) is -2.99. The summed E-state index contributed by atoms with van der Waals surface area (Å²) in [5.41, 5.74) is 2.96. The Bertz CT molecular complexity index is 1270. The summed E-state index contributed by atoms with van der Waals surface area (Å²) in [6.07, 6.45) is 4.03. The molecule has 8 heteroatoms. The Balaban J connectivity index is 1.66. The highest BCUT2D eigenvalue weighted by Crippen LogP contribution is 2.38. The first-order chi connectivity index (χ1) is 14.1. The van der Waals surface area contributed by atoms with Gasteiger partial charge in [-0.25, -0.2) is 18.4 Å². The molecule has 0 amide bonds. The van der Waals surface area contributed by atoms with Crippen LogP contribution in [0.15, 0.2) is 60.2 Å². The molecular weight excluding hydrogens is 404 g/mol. The van der Waals surface area contributed by atoms with Gasteiger partial charge in [0.15, 0.2) is 15.7 Å². The van der Waals surface area contributed by atoms with E-state index in [1.165, 1.54) is 0 Å². The molecule has 1 aliphatic heterocycles. The molecule has 1 N–H and O–H groups in total. The Morgan fingerprint density at radius 2 is 1.86 bits per heavy atom. The molecule has 1 fully saturated rings. The average molecular weight is 423 g/mol. The van der Waals surface area contributed by atoms with Crippen molar-refractivity contribution in [2.75, 3.05) is 16.8 Å². The van der Waals surface area contributed by atoms with E-state index in [4.69, 9.17) is 9.97 Å². The molecule has 0 radical (unpaired) electrons. The van der Waals surface area contributed by atoms with E-state index >= 15 is 0 Å². The first-order valence-corrected chi connectivity index (χ1v) is 12.0. The maximum absolute atomic E-state index is 11.9. The number of rotatable bonds is 4.